The van der Waals surface area contributed by atoms with Crippen LogP contribution in [0.25, 0.3) is 10.8 Å². The van der Waals surface area contributed by atoms with Crippen LogP contribution in [-0.2, 0) is 14.8 Å². The minimum absolute atomic E-state index is 0.219. The van der Waals surface area contributed by atoms with Crippen molar-refractivity contribution in [2.24, 2.45) is 0 Å². The molecule has 1 N–H and O–H groups in total. The number of rotatable bonds is 6. The quantitative estimate of drug-likeness (QED) is 0.890. The minimum Gasteiger partial charge on any atom is -0.383 e. The first kappa shape index (κ1) is 15.0. The van der Waals surface area contributed by atoms with Crippen LogP contribution in [0, 0.1) is 0 Å². The maximum Gasteiger partial charge on any atom is 0.241 e. The van der Waals surface area contributed by atoms with Crippen molar-refractivity contribution in [2.75, 3.05) is 13.7 Å². The summed E-state index contributed by atoms with van der Waals surface area (Å²) in [5.74, 6) is 0. The Hall–Kier alpha value is -1.43. The Morgan fingerprint density at radius 2 is 1.85 bits per heavy atom. The van der Waals surface area contributed by atoms with E-state index in [4.69, 9.17) is 4.74 Å². The number of hydrogen-bond acceptors (Lipinski definition) is 3. The minimum atomic E-state index is -3.55. The van der Waals surface area contributed by atoms with Crippen molar-refractivity contribution in [1.82, 2.24) is 4.72 Å². The van der Waals surface area contributed by atoms with Gasteiger partial charge < -0.3 is 4.74 Å². The number of hydrogen-bond donors (Lipinski definition) is 1. The van der Waals surface area contributed by atoms with Crippen LogP contribution in [0.15, 0.2) is 47.4 Å². The predicted octanol–water partition coefficient (Wildman–Crippen LogP) is 2.54. The zero-order valence-corrected chi connectivity index (χ0v) is 12.5. The van der Waals surface area contributed by atoms with E-state index in [1.807, 2.05) is 37.3 Å². The normalized spacial score (nSPS) is 13.5. The molecule has 0 fully saturated rings. The summed E-state index contributed by atoms with van der Waals surface area (Å²) in [7, 11) is -1.99. The zero-order valence-electron chi connectivity index (χ0n) is 11.7. The van der Waals surface area contributed by atoms with E-state index in [9.17, 15) is 8.42 Å². The lowest BCUT2D eigenvalue weighted by atomic mass is 10.1. The largest absolute Gasteiger partial charge is 0.383 e. The lowest BCUT2D eigenvalue weighted by Gasteiger charge is -2.17. The summed E-state index contributed by atoms with van der Waals surface area (Å²) in [4.78, 5) is 0.310. The molecule has 2 rings (SSSR count). The highest BCUT2D eigenvalue weighted by Crippen LogP contribution is 2.22. The molecule has 0 aliphatic rings. The summed E-state index contributed by atoms with van der Waals surface area (Å²) < 4.78 is 32.8. The van der Waals surface area contributed by atoms with Gasteiger partial charge in [-0.05, 0) is 17.9 Å². The van der Waals surface area contributed by atoms with Gasteiger partial charge in [0.15, 0.2) is 0 Å². The van der Waals surface area contributed by atoms with Crippen LogP contribution in [0.4, 0.5) is 0 Å². The number of methoxy groups -OCH3 is 1. The number of sulfonamides is 1. The Bertz CT molecular complexity index is 677. The van der Waals surface area contributed by atoms with Gasteiger partial charge in [-0.15, -0.1) is 0 Å². The molecule has 0 amide bonds. The molecule has 0 aliphatic carbocycles. The van der Waals surface area contributed by atoms with E-state index in [-0.39, 0.29) is 6.04 Å². The second-order valence-corrected chi connectivity index (χ2v) is 6.34. The van der Waals surface area contributed by atoms with Gasteiger partial charge in [-0.3, -0.25) is 0 Å². The van der Waals surface area contributed by atoms with Crippen molar-refractivity contribution >= 4 is 20.8 Å². The van der Waals surface area contributed by atoms with E-state index in [1.165, 1.54) is 0 Å². The summed E-state index contributed by atoms with van der Waals surface area (Å²) >= 11 is 0. The first-order chi connectivity index (χ1) is 9.58. The molecule has 2 aromatic rings. The summed E-state index contributed by atoms with van der Waals surface area (Å²) in [6.07, 6.45) is 0.678. The Morgan fingerprint density at radius 3 is 2.55 bits per heavy atom. The highest BCUT2D eigenvalue weighted by Gasteiger charge is 2.20. The first-order valence-corrected chi connectivity index (χ1v) is 8.06. The van der Waals surface area contributed by atoms with E-state index >= 15 is 0 Å². The Labute approximate surface area is 119 Å². The van der Waals surface area contributed by atoms with Crippen LogP contribution in [0.2, 0.25) is 0 Å². The Kier molecular flexibility index (Phi) is 4.75. The van der Waals surface area contributed by atoms with Gasteiger partial charge in [-0.2, -0.15) is 0 Å². The maximum absolute atomic E-state index is 12.5. The smallest absolute Gasteiger partial charge is 0.241 e. The molecule has 1 unspecified atom stereocenters. The molecule has 5 heteroatoms. The van der Waals surface area contributed by atoms with Crippen molar-refractivity contribution in [3.63, 3.8) is 0 Å². The fourth-order valence-electron chi connectivity index (χ4n) is 2.15. The van der Waals surface area contributed by atoms with Gasteiger partial charge in [0, 0.05) is 18.5 Å². The lowest BCUT2D eigenvalue weighted by Crippen LogP contribution is -2.37. The van der Waals surface area contributed by atoms with Crippen LogP contribution in [-0.4, -0.2) is 28.2 Å². The lowest BCUT2D eigenvalue weighted by molar-refractivity contribution is 0.173. The molecule has 4 nitrogen and oxygen atoms in total. The number of fused-ring (bicyclic) bond motifs is 1. The second kappa shape index (κ2) is 6.35. The van der Waals surface area contributed by atoms with Gasteiger partial charge in [0.1, 0.15) is 0 Å². The molecule has 20 heavy (non-hydrogen) atoms. The molecule has 0 bridgehead atoms. The maximum atomic E-state index is 12.5. The molecule has 0 saturated heterocycles. The van der Waals surface area contributed by atoms with E-state index in [0.29, 0.717) is 17.9 Å². The summed E-state index contributed by atoms with van der Waals surface area (Å²) in [5, 5.41) is 1.64. The van der Waals surface area contributed by atoms with Crippen LogP contribution in [0.3, 0.4) is 0 Å². The van der Waals surface area contributed by atoms with Crippen molar-refractivity contribution in [3.05, 3.63) is 42.5 Å². The number of benzene rings is 2. The van der Waals surface area contributed by atoms with Crippen LogP contribution in [0.1, 0.15) is 13.3 Å². The van der Waals surface area contributed by atoms with Crippen LogP contribution >= 0.6 is 0 Å². The SMILES string of the molecule is CCC(COC)NS(=O)(=O)c1cccc2ccccc12. The molecular weight excluding hydrogens is 274 g/mol. The second-order valence-electron chi connectivity index (χ2n) is 4.66. The fourth-order valence-corrected chi connectivity index (χ4v) is 3.68. The van der Waals surface area contributed by atoms with Gasteiger partial charge in [0.25, 0.3) is 0 Å². The number of ether oxygens (including phenoxy) is 1. The molecule has 108 valence electrons. The van der Waals surface area contributed by atoms with E-state index in [0.717, 1.165) is 10.8 Å². The first-order valence-electron chi connectivity index (χ1n) is 6.57. The van der Waals surface area contributed by atoms with Gasteiger partial charge >= 0.3 is 0 Å². The van der Waals surface area contributed by atoms with Crippen molar-refractivity contribution in [2.45, 2.75) is 24.3 Å². The molecule has 0 spiro atoms. The van der Waals surface area contributed by atoms with Gasteiger partial charge in [-0.1, -0.05) is 43.3 Å². The van der Waals surface area contributed by atoms with E-state index < -0.39 is 10.0 Å². The molecule has 2 aromatic carbocycles. The molecular formula is C15H19NO3S. The average Bonchev–Trinajstić information content (AvgIpc) is 2.46. The third-order valence-electron chi connectivity index (χ3n) is 3.22. The molecule has 0 aliphatic heterocycles. The Morgan fingerprint density at radius 1 is 1.15 bits per heavy atom. The third kappa shape index (κ3) is 3.17. The highest BCUT2D eigenvalue weighted by atomic mass is 32.2. The Balaban J connectivity index is 2.41. The standard InChI is InChI=1S/C15H19NO3S/c1-3-13(11-19-2)16-20(17,18)15-10-6-8-12-7-4-5-9-14(12)15/h4-10,13,16H,3,11H2,1-2H3. The fraction of sp³-hybridized carbons (Fsp3) is 0.333. The monoisotopic (exact) mass is 293 g/mol. The van der Waals surface area contributed by atoms with Gasteiger partial charge in [-0.25, -0.2) is 13.1 Å². The van der Waals surface area contributed by atoms with Crippen LogP contribution in [0.5, 0.6) is 0 Å². The van der Waals surface area contributed by atoms with E-state index in [1.54, 1.807) is 19.2 Å². The third-order valence-corrected chi connectivity index (χ3v) is 4.80. The van der Waals surface area contributed by atoms with Crippen LogP contribution < -0.4 is 4.72 Å². The predicted molar refractivity (Wildman–Crippen MR) is 80.2 cm³/mol. The van der Waals surface area contributed by atoms with Crippen molar-refractivity contribution in [3.8, 4) is 0 Å². The van der Waals surface area contributed by atoms with Crippen molar-refractivity contribution < 1.29 is 13.2 Å². The average molecular weight is 293 g/mol. The van der Waals surface area contributed by atoms with Gasteiger partial charge in [0.05, 0.1) is 11.5 Å². The molecule has 0 radical (unpaired) electrons. The molecule has 1 atom stereocenters. The summed E-state index contributed by atoms with van der Waals surface area (Å²) in [6, 6.07) is 12.5. The molecule has 0 saturated carbocycles. The van der Waals surface area contributed by atoms with E-state index in [2.05, 4.69) is 4.72 Å². The summed E-state index contributed by atoms with van der Waals surface area (Å²) in [5.41, 5.74) is 0. The zero-order chi connectivity index (χ0) is 14.6. The van der Waals surface area contributed by atoms with Gasteiger partial charge in [0.2, 0.25) is 10.0 Å². The molecule has 0 aromatic heterocycles. The molecule has 0 heterocycles. The summed E-state index contributed by atoms with van der Waals surface area (Å²) in [6.45, 7) is 2.29. The number of nitrogens with one attached hydrogen (secondary N) is 1. The van der Waals surface area contributed by atoms with Crippen molar-refractivity contribution in [1.29, 1.82) is 0 Å². The highest BCUT2D eigenvalue weighted by molar-refractivity contribution is 7.89. The topological polar surface area (TPSA) is 55.4 Å².